The summed E-state index contributed by atoms with van der Waals surface area (Å²) in [6.45, 7) is 6.34. The SMILES string of the molecule is CCC(C)N(Cc1cccn1Cc1cccc(OC)c1)C(=O)CN(CCCOC)C(=O)N(C)C. The second-order valence-corrected chi connectivity index (χ2v) is 8.70. The normalized spacial score (nSPS) is 11.7. The van der Waals surface area contributed by atoms with E-state index in [1.807, 2.05) is 41.4 Å². The lowest BCUT2D eigenvalue weighted by molar-refractivity contribution is -0.134. The molecular weight excluding hydrogens is 432 g/mol. The number of urea groups is 1. The standard InChI is InChI=1S/C26H40N4O4/c1-7-21(2)30(25(31)20-29(15-10-16-33-5)26(32)27(3)4)19-23-12-9-14-28(23)18-22-11-8-13-24(17-22)34-6/h8-9,11-14,17,21H,7,10,15-16,18-20H2,1-6H3. The number of aromatic nitrogens is 1. The maximum absolute atomic E-state index is 13.4. The molecule has 1 heterocycles. The third-order valence-corrected chi connectivity index (χ3v) is 5.94. The number of hydrogen-bond acceptors (Lipinski definition) is 4. The van der Waals surface area contributed by atoms with E-state index in [4.69, 9.17) is 9.47 Å². The lowest BCUT2D eigenvalue weighted by Gasteiger charge is -2.32. The molecule has 34 heavy (non-hydrogen) atoms. The van der Waals surface area contributed by atoms with Crippen LogP contribution in [-0.4, -0.2) is 85.3 Å². The van der Waals surface area contributed by atoms with Gasteiger partial charge in [0.05, 0.1) is 13.7 Å². The number of carbonyl (C=O) groups is 2. The van der Waals surface area contributed by atoms with Crippen LogP contribution in [0.3, 0.4) is 0 Å². The van der Waals surface area contributed by atoms with Gasteiger partial charge < -0.3 is 28.7 Å². The van der Waals surface area contributed by atoms with Crippen molar-refractivity contribution in [3.8, 4) is 5.75 Å². The molecule has 188 valence electrons. The van der Waals surface area contributed by atoms with Crippen LogP contribution in [-0.2, 0) is 22.6 Å². The first kappa shape index (κ1) is 27.2. The summed E-state index contributed by atoms with van der Waals surface area (Å²) < 4.78 is 12.6. The van der Waals surface area contributed by atoms with Crippen LogP contribution < -0.4 is 4.74 Å². The largest absolute Gasteiger partial charge is 0.497 e. The van der Waals surface area contributed by atoms with Gasteiger partial charge in [0.15, 0.2) is 0 Å². The predicted molar refractivity (Wildman–Crippen MR) is 134 cm³/mol. The van der Waals surface area contributed by atoms with Crippen LogP contribution in [0.5, 0.6) is 5.75 Å². The van der Waals surface area contributed by atoms with Crippen molar-refractivity contribution in [3.63, 3.8) is 0 Å². The molecule has 0 bridgehead atoms. The van der Waals surface area contributed by atoms with Gasteiger partial charge in [0.1, 0.15) is 12.3 Å². The summed E-state index contributed by atoms with van der Waals surface area (Å²) in [5.74, 6) is 0.762. The number of rotatable bonds is 13. The first-order chi connectivity index (χ1) is 16.3. The fourth-order valence-corrected chi connectivity index (χ4v) is 3.78. The minimum absolute atomic E-state index is 0.0433. The molecule has 2 aromatic rings. The minimum Gasteiger partial charge on any atom is -0.497 e. The van der Waals surface area contributed by atoms with Crippen LogP contribution >= 0.6 is 0 Å². The van der Waals surface area contributed by atoms with Crippen LogP contribution in [0.25, 0.3) is 0 Å². The molecule has 0 aliphatic rings. The van der Waals surface area contributed by atoms with Crippen LogP contribution in [0.4, 0.5) is 4.79 Å². The highest BCUT2D eigenvalue weighted by Crippen LogP contribution is 2.17. The van der Waals surface area contributed by atoms with E-state index in [-0.39, 0.29) is 24.5 Å². The molecule has 0 saturated carbocycles. The molecule has 0 aliphatic heterocycles. The lowest BCUT2D eigenvalue weighted by Crippen LogP contribution is -2.48. The Morgan fingerprint density at radius 2 is 1.88 bits per heavy atom. The van der Waals surface area contributed by atoms with Crippen LogP contribution in [0, 0.1) is 0 Å². The summed E-state index contributed by atoms with van der Waals surface area (Å²) in [5.41, 5.74) is 2.17. The van der Waals surface area contributed by atoms with Gasteiger partial charge in [-0.1, -0.05) is 19.1 Å². The van der Waals surface area contributed by atoms with Gasteiger partial charge in [0.2, 0.25) is 5.91 Å². The van der Waals surface area contributed by atoms with Crippen molar-refractivity contribution in [2.45, 2.75) is 45.8 Å². The summed E-state index contributed by atoms with van der Waals surface area (Å²) in [7, 11) is 6.70. The van der Waals surface area contributed by atoms with E-state index >= 15 is 0 Å². The monoisotopic (exact) mass is 472 g/mol. The summed E-state index contributed by atoms with van der Waals surface area (Å²) in [4.78, 5) is 31.1. The van der Waals surface area contributed by atoms with Gasteiger partial charge >= 0.3 is 6.03 Å². The van der Waals surface area contributed by atoms with Crippen molar-refractivity contribution < 1.29 is 19.1 Å². The highest BCUT2D eigenvalue weighted by molar-refractivity contribution is 5.84. The van der Waals surface area contributed by atoms with Crippen LogP contribution in [0.15, 0.2) is 42.6 Å². The van der Waals surface area contributed by atoms with Gasteiger partial charge in [-0.3, -0.25) is 4.79 Å². The average Bonchev–Trinajstić information content (AvgIpc) is 3.27. The van der Waals surface area contributed by atoms with E-state index in [1.165, 1.54) is 4.90 Å². The van der Waals surface area contributed by atoms with Crippen molar-refractivity contribution >= 4 is 11.9 Å². The number of benzene rings is 1. The van der Waals surface area contributed by atoms with Crippen molar-refractivity contribution in [1.82, 2.24) is 19.3 Å². The van der Waals surface area contributed by atoms with E-state index in [2.05, 4.69) is 24.5 Å². The molecule has 3 amide bonds. The number of amides is 3. The highest BCUT2D eigenvalue weighted by atomic mass is 16.5. The van der Waals surface area contributed by atoms with Gasteiger partial charge in [-0.2, -0.15) is 0 Å². The molecule has 0 fully saturated rings. The van der Waals surface area contributed by atoms with Crippen molar-refractivity contribution in [2.75, 3.05) is 48.0 Å². The number of methoxy groups -OCH3 is 2. The smallest absolute Gasteiger partial charge is 0.319 e. The van der Waals surface area contributed by atoms with E-state index in [1.54, 1.807) is 33.2 Å². The molecule has 1 atom stereocenters. The maximum atomic E-state index is 13.4. The Morgan fingerprint density at radius 1 is 1.12 bits per heavy atom. The van der Waals surface area contributed by atoms with Gasteiger partial charge in [0, 0.05) is 58.8 Å². The zero-order valence-corrected chi connectivity index (χ0v) is 21.5. The van der Waals surface area contributed by atoms with Crippen LogP contribution in [0.1, 0.15) is 37.9 Å². The molecule has 8 heteroatoms. The number of ether oxygens (including phenoxy) is 2. The van der Waals surface area contributed by atoms with E-state index in [0.29, 0.717) is 32.7 Å². The predicted octanol–water partition coefficient (Wildman–Crippen LogP) is 3.69. The Bertz CT molecular complexity index is 912. The van der Waals surface area contributed by atoms with E-state index in [0.717, 1.165) is 23.4 Å². The molecule has 1 aromatic heterocycles. The van der Waals surface area contributed by atoms with E-state index in [9.17, 15) is 9.59 Å². The molecule has 0 N–H and O–H groups in total. The first-order valence-corrected chi connectivity index (χ1v) is 11.8. The molecule has 0 spiro atoms. The summed E-state index contributed by atoms with van der Waals surface area (Å²) >= 11 is 0. The second-order valence-electron chi connectivity index (χ2n) is 8.70. The average molecular weight is 473 g/mol. The molecule has 1 aromatic carbocycles. The third-order valence-electron chi connectivity index (χ3n) is 5.94. The third kappa shape index (κ3) is 7.80. The molecule has 1 unspecified atom stereocenters. The first-order valence-electron chi connectivity index (χ1n) is 11.8. The fraction of sp³-hybridized carbons (Fsp3) is 0.538. The Labute approximate surface area is 204 Å². The summed E-state index contributed by atoms with van der Waals surface area (Å²) in [6, 6.07) is 11.9. The Hall–Kier alpha value is -3.00. The topological polar surface area (TPSA) is 67.2 Å². The second kappa shape index (κ2) is 13.6. The number of carbonyl (C=O) groups excluding carboxylic acids is 2. The molecule has 0 radical (unpaired) electrons. The fourth-order valence-electron chi connectivity index (χ4n) is 3.78. The van der Waals surface area contributed by atoms with Gasteiger partial charge in [0.25, 0.3) is 0 Å². The molecule has 8 nitrogen and oxygen atoms in total. The highest BCUT2D eigenvalue weighted by Gasteiger charge is 2.25. The Balaban J connectivity index is 2.18. The Morgan fingerprint density at radius 3 is 2.53 bits per heavy atom. The quantitative estimate of drug-likeness (QED) is 0.417. The van der Waals surface area contributed by atoms with Gasteiger partial charge in [-0.15, -0.1) is 0 Å². The molecular formula is C26H40N4O4. The van der Waals surface area contributed by atoms with Crippen molar-refractivity contribution in [1.29, 1.82) is 0 Å². The Kier molecular flexibility index (Phi) is 10.9. The van der Waals surface area contributed by atoms with Crippen molar-refractivity contribution in [2.24, 2.45) is 0 Å². The summed E-state index contributed by atoms with van der Waals surface area (Å²) in [5, 5.41) is 0. The molecule has 0 aliphatic carbocycles. The van der Waals surface area contributed by atoms with Gasteiger partial charge in [-0.05, 0) is 49.6 Å². The number of hydrogen-bond donors (Lipinski definition) is 0. The maximum Gasteiger partial charge on any atom is 0.319 e. The van der Waals surface area contributed by atoms with E-state index < -0.39 is 0 Å². The lowest BCUT2D eigenvalue weighted by atomic mass is 10.2. The zero-order valence-electron chi connectivity index (χ0n) is 21.5. The number of nitrogens with zero attached hydrogens (tertiary/aromatic N) is 4. The molecule has 0 saturated heterocycles. The summed E-state index contributed by atoms with van der Waals surface area (Å²) in [6.07, 6.45) is 3.53. The van der Waals surface area contributed by atoms with Crippen LogP contribution in [0.2, 0.25) is 0 Å². The zero-order chi connectivity index (χ0) is 25.1. The van der Waals surface area contributed by atoms with Gasteiger partial charge in [-0.25, -0.2) is 4.79 Å². The minimum atomic E-state index is -0.171. The van der Waals surface area contributed by atoms with Crippen molar-refractivity contribution in [3.05, 3.63) is 53.9 Å². The molecule has 2 rings (SSSR count).